The number of piperazine rings is 2. The zero-order valence-corrected chi connectivity index (χ0v) is 22.2. The van der Waals surface area contributed by atoms with Gasteiger partial charge in [0.15, 0.2) is 11.5 Å². The molecule has 2 fully saturated rings. The third-order valence-electron chi connectivity index (χ3n) is 7.06. The number of aryl methyl sites for hydroxylation is 1. The van der Waals surface area contributed by atoms with E-state index in [2.05, 4.69) is 16.8 Å². The molecule has 4 rings (SSSR count). The van der Waals surface area contributed by atoms with Gasteiger partial charge in [-0.3, -0.25) is 14.5 Å². The molecule has 2 aromatic rings. The molecule has 0 bridgehead atoms. The number of nitrogens with zero attached hydrogens (tertiary/aromatic N) is 4. The van der Waals surface area contributed by atoms with Gasteiger partial charge in [-0.15, -0.1) is 12.4 Å². The molecule has 0 unspecified atom stereocenters. The lowest BCUT2D eigenvalue weighted by Crippen LogP contribution is -2.54. The van der Waals surface area contributed by atoms with Crippen molar-refractivity contribution in [2.45, 2.75) is 13.3 Å². The van der Waals surface area contributed by atoms with Gasteiger partial charge in [-0.2, -0.15) is 0 Å². The number of ether oxygens (including phenoxy) is 2. The Morgan fingerprint density at radius 2 is 1.44 bits per heavy atom. The second-order valence-corrected chi connectivity index (χ2v) is 9.21. The molecule has 0 N–H and O–H groups in total. The molecular weight excluding hydrogens is 488 g/mol. The molecule has 0 aliphatic carbocycles. The third kappa shape index (κ3) is 5.93. The normalized spacial score (nSPS) is 17.1. The first-order valence-electron chi connectivity index (χ1n) is 12.0. The molecule has 3 heterocycles. The highest BCUT2D eigenvalue weighted by Gasteiger charge is 2.27. The van der Waals surface area contributed by atoms with E-state index >= 15 is 0 Å². The summed E-state index contributed by atoms with van der Waals surface area (Å²) in [5.41, 5.74) is 0.913. The highest BCUT2D eigenvalue weighted by atomic mass is 35.5. The Labute approximate surface area is 217 Å². The minimum absolute atomic E-state index is 0. The van der Waals surface area contributed by atoms with Crippen molar-refractivity contribution >= 4 is 35.2 Å². The molecule has 0 saturated carbocycles. The van der Waals surface area contributed by atoms with Gasteiger partial charge in [-0.25, -0.2) is 4.79 Å². The smallest absolute Gasteiger partial charge is 0.340 e. The van der Waals surface area contributed by atoms with Gasteiger partial charge < -0.3 is 28.6 Å². The Balaban J connectivity index is 0.00000361. The third-order valence-corrected chi connectivity index (χ3v) is 7.06. The van der Waals surface area contributed by atoms with E-state index in [-0.39, 0.29) is 30.6 Å². The zero-order chi connectivity index (χ0) is 25.1. The van der Waals surface area contributed by atoms with Crippen molar-refractivity contribution in [1.82, 2.24) is 19.6 Å². The van der Waals surface area contributed by atoms with Gasteiger partial charge in [-0.1, -0.05) is 0 Å². The van der Waals surface area contributed by atoms with Crippen molar-refractivity contribution in [3.05, 3.63) is 33.7 Å². The van der Waals surface area contributed by atoms with Gasteiger partial charge in [-0.05, 0) is 25.6 Å². The number of likely N-dealkylation sites (N-methyl/N-ethyl adjacent to an activating group) is 1. The molecule has 2 aliphatic rings. The maximum absolute atomic E-state index is 13.0. The second kappa shape index (κ2) is 11.9. The van der Waals surface area contributed by atoms with Crippen molar-refractivity contribution in [2.24, 2.45) is 0 Å². The molecule has 0 spiro atoms. The number of carbonyl (C=O) groups is 2. The molecule has 0 atom stereocenters. The monoisotopic (exact) mass is 522 g/mol. The molecule has 10 nitrogen and oxygen atoms in total. The minimum Gasteiger partial charge on any atom is -0.493 e. The predicted molar refractivity (Wildman–Crippen MR) is 138 cm³/mol. The number of halogens is 1. The molecule has 2 amide bonds. The van der Waals surface area contributed by atoms with E-state index in [0.717, 1.165) is 26.2 Å². The Morgan fingerprint density at radius 3 is 2.06 bits per heavy atom. The predicted octanol–water partition coefficient (Wildman–Crippen LogP) is 1.00. The number of carbonyl (C=O) groups excluding carboxylic acids is 2. The maximum Gasteiger partial charge on any atom is 0.340 e. The molecule has 1 aromatic carbocycles. The van der Waals surface area contributed by atoms with Crippen LogP contribution in [-0.2, 0) is 16.0 Å². The molecular formula is C25H35ClN4O6. The first-order valence-corrected chi connectivity index (χ1v) is 12.0. The lowest BCUT2D eigenvalue weighted by Gasteiger charge is -2.37. The Kier molecular flexibility index (Phi) is 9.21. The molecule has 198 valence electrons. The zero-order valence-electron chi connectivity index (χ0n) is 21.4. The van der Waals surface area contributed by atoms with Crippen molar-refractivity contribution in [3.8, 4) is 11.5 Å². The van der Waals surface area contributed by atoms with Crippen LogP contribution in [0.2, 0.25) is 0 Å². The van der Waals surface area contributed by atoms with Crippen LogP contribution in [0.3, 0.4) is 0 Å². The number of hydrogen-bond acceptors (Lipinski definition) is 8. The van der Waals surface area contributed by atoms with Crippen LogP contribution in [-0.4, -0.2) is 112 Å². The summed E-state index contributed by atoms with van der Waals surface area (Å²) in [6.45, 7) is 7.84. The summed E-state index contributed by atoms with van der Waals surface area (Å²) in [6.07, 6.45) is -0.0291. The highest BCUT2D eigenvalue weighted by Crippen LogP contribution is 2.33. The van der Waals surface area contributed by atoms with Gasteiger partial charge >= 0.3 is 5.63 Å². The second-order valence-electron chi connectivity index (χ2n) is 9.21. The Hall–Kier alpha value is -2.82. The largest absolute Gasteiger partial charge is 0.493 e. The summed E-state index contributed by atoms with van der Waals surface area (Å²) in [5.74, 6) is 1.02. The van der Waals surface area contributed by atoms with E-state index in [4.69, 9.17) is 13.9 Å². The fourth-order valence-electron chi connectivity index (χ4n) is 4.69. The van der Waals surface area contributed by atoms with E-state index in [1.807, 2.05) is 11.8 Å². The van der Waals surface area contributed by atoms with Crippen LogP contribution in [0.25, 0.3) is 11.0 Å². The van der Waals surface area contributed by atoms with Crippen LogP contribution in [0.1, 0.15) is 11.1 Å². The lowest BCUT2D eigenvalue weighted by atomic mass is 10.0. The topological polar surface area (TPSA) is 95.8 Å². The lowest BCUT2D eigenvalue weighted by molar-refractivity contribution is -0.135. The molecule has 1 aromatic heterocycles. The van der Waals surface area contributed by atoms with Gasteiger partial charge in [0.25, 0.3) is 0 Å². The Bertz CT molecular complexity index is 1150. The van der Waals surface area contributed by atoms with Crippen LogP contribution in [0.15, 0.2) is 21.3 Å². The number of benzene rings is 1. The molecule has 0 radical (unpaired) electrons. The summed E-state index contributed by atoms with van der Waals surface area (Å²) in [6, 6.07) is 3.38. The van der Waals surface area contributed by atoms with Gasteiger partial charge in [0, 0.05) is 63.8 Å². The van der Waals surface area contributed by atoms with E-state index in [0.29, 0.717) is 66.3 Å². The first-order chi connectivity index (χ1) is 16.8. The van der Waals surface area contributed by atoms with Crippen molar-refractivity contribution in [2.75, 3.05) is 80.2 Å². The number of amides is 2. The van der Waals surface area contributed by atoms with Crippen molar-refractivity contribution in [3.63, 3.8) is 0 Å². The summed E-state index contributed by atoms with van der Waals surface area (Å²) in [4.78, 5) is 46.4. The van der Waals surface area contributed by atoms with E-state index in [9.17, 15) is 14.4 Å². The summed E-state index contributed by atoms with van der Waals surface area (Å²) in [7, 11) is 5.13. The van der Waals surface area contributed by atoms with Crippen LogP contribution in [0.5, 0.6) is 11.5 Å². The van der Waals surface area contributed by atoms with Crippen molar-refractivity contribution < 1.29 is 23.5 Å². The summed E-state index contributed by atoms with van der Waals surface area (Å²) < 4.78 is 16.2. The van der Waals surface area contributed by atoms with Crippen LogP contribution in [0.4, 0.5) is 0 Å². The highest BCUT2D eigenvalue weighted by molar-refractivity contribution is 5.87. The summed E-state index contributed by atoms with van der Waals surface area (Å²) >= 11 is 0. The fourth-order valence-corrected chi connectivity index (χ4v) is 4.69. The van der Waals surface area contributed by atoms with Crippen LogP contribution in [0, 0.1) is 6.92 Å². The Morgan fingerprint density at radius 1 is 0.889 bits per heavy atom. The average Bonchev–Trinajstić information content (AvgIpc) is 2.86. The maximum atomic E-state index is 13.0. The number of methoxy groups -OCH3 is 2. The standard InChI is InChI=1S/C25H34N4O6.ClH/c1-17-18-13-21(33-3)22(34-4)15-20(18)35-25(32)19(17)14-23(30)28-11-7-27(8-12-28)16-24(31)29-9-5-26(2)6-10-29;/h13,15H,5-12,14,16H2,1-4H3;1H. The SMILES string of the molecule is COc1cc2oc(=O)c(CC(=O)N3CCN(CC(=O)N4CCN(C)CC4)CC3)c(C)c2cc1OC.Cl. The number of hydrogen-bond donors (Lipinski definition) is 0. The van der Waals surface area contributed by atoms with Gasteiger partial charge in [0.1, 0.15) is 5.58 Å². The number of fused-ring (bicyclic) bond motifs is 1. The van der Waals surface area contributed by atoms with Gasteiger partial charge in [0.2, 0.25) is 11.8 Å². The fraction of sp³-hybridized carbons (Fsp3) is 0.560. The van der Waals surface area contributed by atoms with Crippen LogP contribution < -0.4 is 15.1 Å². The van der Waals surface area contributed by atoms with E-state index in [1.54, 1.807) is 24.1 Å². The minimum atomic E-state index is -0.521. The van der Waals surface area contributed by atoms with Crippen molar-refractivity contribution in [1.29, 1.82) is 0 Å². The first kappa shape index (κ1) is 27.8. The molecule has 36 heavy (non-hydrogen) atoms. The average molecular weight is 523 g/mol. The van der Waals surface area contributed by atoms with E-state index in [1.165, 1.54) is 7.11 Å². The molecule has 2 saturated heterocycles. The quantitative estimate of drug-likeness (QED) is 0.519. The van der Waals surface area contributed by atoms with E-state index < -0.39 is 5.63 Å². The summed E-state index contributed by atoms with van der Waals surface area (Å²) in [5, 5.41) is 0.706. The number of rotatable bonds is 6. The molecule has 11 heteroatoms. The molecule has 2 aliphatic heterocycles. The van der Waals surface area contributed by atoms with Gasteiger partial charge in [0.05, 0.1) is 32.7 Å². The van der Waals surface area contributed by atoms with Crippen LogP contribution >= 0.6 is 12.4 Å².